The molecule has 3 unspecified atom stereocenters. The van der Waals surface area contributed by atoms with E-state index in [0.29, 0.717) is 17.3 Å². The molecule has 0 aliphatic heterocycles. The zero-order chi connectivity index (χ0) is 15.4. The lowest BCUT2D eigenvalue weighted by atomic mass is 9.69. The first-order valence-corrected chi connectivity index (χ1v) is 8.43. The van der Waals surface area contributed by atoms with Gasteiger partial charge in [-0.3, -0.25) is 10.2 Å². The average molecular weight is 386 g/mol. The van der Waals surface area contributed by atoms with Crippen LogP contribution in [-0.4, -0.2) is 16.5 Å². The number of thiazole rings is 1. The maximum atomic E-state index is 11.5. The van der Waals surface area contributed by atoms with Gasteiger partial charge >= 0.3 is 0 Å². The third kappa shape index (κ3) is 2.75. The Hall–Kier alpha value is -0.750. The first-order valence-electron chi connectivity index (χ1n) is 7.61. The van der Waals surface area contributed by atoms with Gasteiger partial charge in [-0.2, -0.15) is 5.10 Å². The number of hydrogen-bond donors (Lipinski definition) is 1. The summed E-state index contributed by atoms with van der Waals surface area (Å²) in [5, 5.41) is 5.33. The lowest BCUT2D eigenvalue weighted by Gasteiger charge is -2.36. The van der Waals surface area contributed by atoms with Gasteiger partial charge in [0.2, 0.25) is 5.13 Å². The van der Waals surface area contributed by atoms with Gasteiger partial charge in [0, 0.05) is 18.6 Å². The Morgan fingerprint density at radius 1 is 1.45 bits per heavy atom. The third-order valence-electron chi connectivity index (χ3n) is 5.66. The zero-order valence-corrected chi connectivity index (χ0v) is 16.3. The molecule has 4 nitrogen and oxygen atoms in total. The van der Waals surface area contributed by atoms with Crippen molar-refractivity contribution in [3.8, 4) is 0 Å². The summed E-state index contributed by atoms with van der Waals surface area (Å²) in [6, 6.07) is 0. The van der Waals surface area contributed by atoms with Gasteiger partial charge in [0.1, 0.15) is 0 Å². The Kier molecular flexibility index (Phi) is 4.83. The molecule has 3 atom stereocenters. The molecule has 1 aromatic rings. The van der Waals surface area contributed by atoms with Crippen LogP contribution >= 0.6 is 28.3 Å². The second kappa shape index (κ2) is 6.04. The van der Waals surface area contributed by atoms with Gasteiger partial charge < -0.3 is 0 Å². The monoisotopic (exact) mass is 385 g/mol. The number of halogens is 1. The molecule has 0 saturated heterocycles. The highest BCUT2D eigenvalue weighted by molar-refractivity contribution is 8.93. The lowest BCUT2D eigenvalue weighted by molar-refractivity contribution is 0.102. The first kappa shape index (κ1) is 17.6. The smallest absolute Gasteiger partial charge is 0.204 e. The van der Waals surface area contributed by atoms with E-state index in [1.807, 2.05) is 6.92 Å². The van der Waals surface area contributed by atoms with E-state index in [0.717, 1.165) is 28.0 Å². The number of nitrogens with zero attached hydrogens (tertiary/aromatic N) is 2. The largest absolute Gasteiger partial charge is 0.294 e. The van der Waals surface area contributed by atoms with Crippen LogP contribution in [0.15, 0.2) is 5.10 Å². The van der Waals surface area contributed by atoms with Gasteiger partial charge in [0.25, 0.3) is 0 Å². The first-order chi connectivity index (χ1) is 9.80. The molecular weight excluding hydrogens is 362 g/mol. The molecule has 2 aliphatic rings. The summed E-state index contributed by atoms with van der Waals surface area (Å²) in [4.78, 5) is 16.6. The van der Waals surface area contributed by atoms with Crippen molar-refractivity contribution in [2.24, 2.45) is 28.3 Å². The maximum Gasteiger partial charge on any atom is 0.204 e. The third-order valence-corrected chi connectivity index (χ3v) is 6.83. The summed E-state index contributed by atoms with van der Waals surface area (Å²) in [6.45, 7) is 10.6. The number of Topliss-reactive ketones (excluding diaryl/α,β-unsaturated/α-hetero) is 1. The Labute approximate surface area is 146 Å². The molecule has 6 heteroatoms. The van der Waals surface area contributed by atoms with E-state index in [4.69, 9.17) is 0 Å². The molecule has 0 radical (unpaired) electrons. The molecule has 2 saturated carbocycles. The van der Waals surface area contributed by atoms with E-state index in [1.165, 1.54) is 23.5 Å². The number of hydrogen-bond acceptors (Lipinski definition) is 5. The predicted octanol–water partition coefficient (Wildman–Crippen LogP) is 4.70. The molecule has 1 aromatic heterocycles. The van der Waals surface area contributed by atoms with E-state index in [1.54, 1.807) is 6.92 Å². The number of hydrazone groups is 1. The van der Waals surface area contributed by atoms with Crippen LogP contribution in [0.4, 0.5) is 5.13 Å². The fraction of sp³-hybridized carbons (Fsp3) is 0.688. The van der Waals surface area contributed by atoms with Crippen LogP contribution in [0.3, 0.4) is 0 Å². The van der Waals surface area contributed by atoms with Crippen molar-refractivity contribution in [3.63, 3.8) is 0 Å². The number of ketones is 1. The molecule has 1 heterocycles. The van der Waals surface area contributed by atoms with Gasteiger partial charge in [-0.1, -0.05) is 32.1 Å². The quantitative estimate of drug-likeness (QED) is 0.605. The van der Waals surface area contributed by atoms with Crippen molar-refractivity contribution in [3.05, 3.63) is 10.6 Å². The van der Waals surface area contributed by atoms with Crippen LogP contribution in [0.25, 0.3) is 0 Å². The van der Waals surface area contributed by atoms with Crippen LogP contribution in [0.1, 0.15) is 55.9 Å². The molecule has 2 aliphatic carbocycles. The molecule has 22 heavy (non-hydrogen) atoms. The number of carbonyl (C=O) groups excluding carboxylic acids is 1. The molecule has 2 fully saturated rings. The van der Waals surface area contributed by atoms with E-state index < -0.39 is 0 Å². The number of nitrogens with one attached hydrogen (secondary N) is 1. The van der Waals surface area contributed by atoms with Crippen LogP contribution in [0.5, 0.6) is 0 Å². The number of aromatic nitrogens is 1. The Balaban J connectivity index is 0.00000176. The second-order valence-electron chi connectivity index (χ2n) is 7.06. The van der Waals surface area contributed by atoms with Crippen molar-refractivity contribution >= 4 is 44.9 Å². The van der Waals surface area contributed by atoms with Gasteiger partial charge in [-0.05, 0) is 37.0 Å². The van der Waals surface area contributed by atoms with Crippen molar-refractivity contribution in [1.29, 1.82) is 0 Å². The van der Waals surface area contributed by atoms with E-state index in [2.05, 4.69) is 36.3 Å². The SMILES string of the molecule is Br.CC(=O)c1sc(N/N=C2\CC3CC2C(C)C3(C)C)nc1C. The van der Waals surface area contributed by atoms with Crippen LogP contribution in [0.2, 0.25) is 0 Å². The summed E-state index contributed by atoms with van der Waals surface area (Å²) in [6.07, 6.45) is 2.36. The lowest BCUT2D eigenvalue weighted by Crippen LogP contribution is -2.33. The highest BCUT2D eigenvalue weighted by Gasteiger charge is 2.53. The highest BCUT2D eigenvalue weighted by Crippen LogP contribution is 2.57. The van der Waals surface area contributed by atoms with E-state index >= 15 is 0 Å². The molecular formula is C16H24BrN3OS. The average Bonchev–Trinajstić information content (AvgIpc) is 3.03. The molecule has 1 N–H and O–H groups in total. The molecule has 0 spiro atoms. The minimum Gasteiger partial charge on any atom is -0.294 e. The Bertz CT molecular complexity index is 619. The summed E-state index contributed by atoms with van der Waals surface area (Å²) in [7, 11) is 0. The Morgan fingerprint density at radius 3 is 2.64 bits per heavy atom. The molecule has 122 valence electrons. The van der Waals surface area contributed by atoms with Crippen molar-refractivity contribution < 1.29 is 4.79 Å². The summed E-state index contributed by atoms with van der Waals surface area (Å²) >= 11 is 1.39. The standard InChI is InChI=1S/C16H23N3OS.BrH/c1-8-12-6-11(16(8,4)5)7-13(12)18-19-15-17-9(2)14(21-15)10(3)20;/h8,11-12H,6-7H2,1-5H3,(H,17,19);1H/b18-13+;. The Morgan fingerprint density at radius 2 is 2.14 bits per heavy atom. The van der Waals surface area contributed by atoms with E-state index in [9.17, 15) is 4.79 Å². The number of aryl methyl sites for hydroxylation is 1. The van der Waals surface area contributed by atoms with Crippen LogP contribution in [0, 0.1) is 30.1 Å². The normalized spacial score (nSPS) is 30.4. The van der Waals surface area contributed by atoms with Gasteiger partial charge in [-0.15, -0.1) is 17.0 Å². The summed E-state index contributed by atoms with van der Waals surface area (Å²) in [5.41, 5.74) is 5.58. The number of fused-ring (bicyclic) bond motifs is 2. The minimum absolute atomic E-state index is 0. The number of anilines is 1. The van der Waals surface area contributed by atoms with Gasteiger partial charge in [-0.25, -0.2) is 4.98 Å². The van der Waals surface area contributed by atoms with Crippen molar-refractivity contribution in [1.82, 2.24) is 4.98 Å². The molecule has 0 aromatic carbocycles. The highest BCUT2D eigenvalue weighted by atomic mass is 79.9. The zero-order valence-electron chi connectivity index (χ0n) is 13.8. The van der Waals surface area contributed by atoms with E-state index in [-0.39, 0.29) is 22.8 Å². The van der Waals surface area contributed by atoms with Gasteiger partial charge in [0.15, 0.2) is 5.78 Å². The predicted molar refractivity (Wildman–Crippen MR) is 97.4 cm³/mol. The van der Waals surface area contributed by atoms with Crippen molar-refractivity contribution in [2.75, 3.05) is 5.43 Å². The second-order valence-corrected chi connectivity index (χ2v) is 8.06. The topological polar surface area (TPSA) is 54.4 Å². The molecule has 3 rings (SSSR count). The number of carbonyl (C=O) groups is 1. The van der Waals surface area contributed by atoms with Gasteiger partial charge in [0.05, 0.1) is 10.6 Å². The summed E-state index contributed by atoms with van der Waals surface area (Å²) in [5.74, 6) is 2.11. The van der Waals surface area contributed by atoms with Crippen LogP contribution in [-0.2, 0) is 0 Å². The fourth-order valence-electron chi connectivity index (χ4n) is 3.90. The molecule has 2 bridgehead atoms. The maximum absolute atomic E-state index is 11.5. The minimum atomic E-state index is 0. The van der Waals surface area contributed by atoms with Crippen LogP contribution < -0.4 is 5.43 Å². The fourth-order valence-corrected chi connectivity index (χ4v) is 4.70. The molecule has 0 amide bonds. The summed E-state index contributed by atoms with van der Waals surface area (Å²) < 4.78 is 0. The number of rotatable bonds is 3. The van der Waals surface area contributed by atoms with Crippen molar-refractivity contribution in [2.45, 2.75) is 47.5 Å².